The Balaban J connectivity index is 2.46. The molecule has 1 aromatic carbocycles. The predicted octanol–water partition coefficient (Wildman–Crippen LogP) is 0.0258. The SMILES string of the molecule is NNc1ccc(S(=O)(=O)N2CCCC(O)C2)c([N+](=O)[O-])c1. The molecule has 1 aliphatic heterocycles. The molecule has 1 aliphatic rings. The fourth-order valence-corrected chi connectivity index (χ4v) is 3.90. The highest BCUT2D eigenvalue weighted by Crippen LogP contribution is 2.30. The van der Waals surface area contributed by atoms with Crippen LogP contribution in [0.1, 0.15) is 12.8 Å². The zero-order valence-electron chi connectivity index (χ0n) is 11.1. The summed E-state index contributed by atoms with van der Waals surface area (Å²) in [6.07, 6.45) is 0.276. The van der Waals surface area contributed by atoms with Crippen LogP contribution in [0, 0.1) is 10.1 Å². The Labute approximate surface area is 121 Å². The molecule has 4 N–H and O–H groups in total. The Hall–Kier alpha value is -1.75. The van der Waals surface area contributed by atoms with Gasteiger partial charge in [-0.05, 0) is 25.0 Å². The number of hydrazine groups is 1. The monoisotopic (exact) mass is 316 g/mol. The molecule has 1 heterocycles. The number of anilines is 1. The molecule has 0 aliphatic carbocycles. The molecule has 10 heteroatoms. The number of hydrogen-bond donors (Lipinski definition) is 3. The fraction of sp³-hybridized carbons (Fsp3) is 0.455. The molecule has 0 bridgehead atoms. The van der Waals surface area contributed by atoms with E-state index in [1.807, 2.05) is 0 Å². The lowest BCUT2D eigenvalue weighted by atomic mass is 10.1. The maximum absolute atomic E-state index is 12.5. The topological polar surface area (TPSA) is 139 Å². The van der Waals surface area contributed by atoms with Crippen molar-refractivity contribution in [1.82, 2.24) is 4.31 Å². The Bertz CT molecular complexity index is 648. The van der Waals surface area contributed by atoms with Gasteiger partial charge in [-0.1, -0.05) is 0 Å². The summed E-state index contributed by atoms with van der Waals surface area (Å²) in [5.74, 6) is 5.17. The molecule has 1 saturated heterocycles. The number of β-amino-alcohol motifs (C(OH)–C–C–N with tert-alkyl or cyclic N) is 1. The minimum absolute atomic E-state index is 0.0591. The van der Waals surface area contributed by atoms with Gasteiger partial charge in [-0.25, -0.2) is 8.42 Å². The molecule has 0 spiro atoms. The summed E-state index contributed by atoms with van der Waals surface area (Å²) in [5.41, 5.74) is 1.92. The summed E-state index contributed by atoms with van der Waals surface area (Å²) < 4.78 is 26.1. The van der Waals surface area contributed by atoms with Crippen LogP contribution in [0.25, 0.3) is 0 Å². The molecule has 1 aromatic rings. The Kier molecular flexibility index (Phi) is 4.42. The third-order valence-corrected chi connectivity index (χ3v) is 5.21. The molecular formula is C11H16N4O5S. The lowest BCUT2D eigenvalue weighted by Gasteiger charge is -2.29. The van der Waals surface area contributed by atoms with Crippen LogP contribution >= 0.6 is 0 Å². The molecule has 2 rings (SSSR count). The van der Waals surface area contributed by atoms with E-state index >= 15 is 0 Å². The maximum Gasteiger partial charge on any atom is 0.291 e. The van der Waals surface area contributed by atoms with Crippen molar-refractivity contribution in [2.75, 3.05) is 18.5 Å². The first-order valence-corrected chi connectivity index (χ1v) is 7.73. The van der Waals surface area contributed by atoms with Gasteiger partial charge < -0.3 is 10.5 Å². The van der Waals surface area contributed by atoms with Crippen molar-refractivity contribution in [2.24, 2.45) is 5.84 Å². The lowest BCUT2D eigenvalue weighted by Crippen LogP contribution is -2.42. The first-order valence-electron chi connectivity index (χ1n) is 6.29. The number of sulfonamides is 1. The molecule has 0 radical (unpaired) electrons. The highest BCUT2D eigenvalue weighted by molar-refractivity contribution is 7.89. The van der Waals surface area contributed by atoms with E-state index < -0.39 is 31.6 Å². The van der Waals surface area contributed by atoms with Crippen LogP contribution in [0.3, 0.4) is 0 Å². The van der Waals surface area contributed by atoms with Gasteiger partial charge in [-0.15, -0.1) is 0 Å². The van der Waals surface area contributed by atoms with Crippen molar-refractivity contribution in [3.05, 3.63) is 28.3 Å². The van der Waals surface area contributed by atoms with Gasteiger partial charge >= 0.3 is 0 Å². The van der Waals surface area contributed by atoms with Gasteiger partial charge in [0.15, 0.2) is 4.90 Å². The number of nitro benzene ring substituents is 1. The van der Waals surface area contributed by atoms with E-state index in [9.17, 15) is 23.6 Å². The first-order chi connectivity index (χ1) is 9.86. The van der Waals surface area contributed by atoms with E-state index in [0.29, 0.717) is 12.8 Å². The summed E-state index contributed by atoms with van der Waals surface area (Å²) in [5, 5.41) is 20.7. The van der Waals surface area contributed by atoms with Gasteiger partial charge in [0.2, 0.25) is 10.0 Å². The number of piperidine rings is 1. The second-order valence-corrected chi connectivity index (χ2v) is 6.65. The van der Waals surface area contributed by atoms with Gasteiger partial charge in [-0.3, -0.25) is 16.0 Å². The average Bonchev–Trinajstić information content (AvgIpc) is 2.46. The number of aliphatic hydroxyl groups excluding tert-OH is 1. The molecule has 0 amide bonds. The number of nitro groups is 1. The lowest BCUT2D eigenvalue weighted by molar-refractivity contribution is -0.387. The first kappa shape index (κ1) is 15.6. The highest BCUT2D eigenvalue weighted by Gasteiger charge is 2.34. The molecule has 21 heavy (non-hydrogen) atoms. The standard InChI is InChI=1S/C11H16N4O5S/c12-13-8-3-4-11(10(6-8)15(17)18)21(19,20)14-5-1-2-9(16)7-14/h3-4,6,9,13,16H,1-2,5,7,12H2. The Morgan fingerprint density at radius 2 is 2.19 bits per heavy atom. The number of aliphatic hydroxyl groups is 1. The summed E-state index contributed by atoms with van der Waals surface area (Å²) in [6, 6.07) is 3.55. The molecule has 9 nitrogen and oxygen atoms in total. The minimum atomic E-state index is -4.03. The Morgan fingerprint density at radius 1 is 1.48 bits per heavy atom. The van der Waals surface area contributed by atoms with Gasteiger partial charge in [0.05, 0.1) is 16.7 Å². The number of rotatable bonds is 4. The van der Waals surface area contributed by atoms with Crippen LogP contribution in [-0.4, -0.2) is 41.9 Å². The largest absolute Gasteiger partial charge is 0.392 e. The molecule has 1 atom stereocenters. The third kappa shape index (κ3) is 3.13. The van der Waals surface area contributed by atoms with E-state index in [0.717, 1.165) is 16.4 Å². The van der Waals surface area contributed by atoms with Crippen molar-refractivity contribution in [2.45, 2.75) is 23.8 Å². The van der Waals surface area contributed by atoms with Crippen molar-refractivity contribution in [3.8, 4) is 0 Å². The molecule has 0 saturated carbocycles. The smallest absolute Gasteiger partial charge is 0.291 e. The Morgan fingerprint density at radius 3 is 2.76 bits per heavy atom. The number of nitrogen functional groups attached to an aromatic ring is 1. The minimum Gasteiger partial charge on any atom is -0.392 e. The second-order valence-electron chi connectivity index (χ2n) is 4.74. The van der Waals surface area contributed by atoms with E-state index in [1.165, 1.54) is 6.07 Å². The predicted molar refractivity (Wildman–Crippen MR) is 74.9 cm³/mol. The molecular weight excluding hydrogens is 300 g/mol. The average molecular weight is 316 g/mol. The van der Waals surface area contributed by atoms with Crippen LogP contribution < -0.4 is 11.3 Å². The number of benzene rings is 1. The second kappa shape index (κ2) is 5.93. The van der Waals surface area contributed by atoms with E-state index in [-0.39, 0.29) is 18.8 Å². The highest BCUT2D eigenvalue weighted by atomic mass is 32.2. The third-order valence-electron chi connectivity index (χ3n) is 3.30. The summed E-state index contributed by atoms with van der Waals surface area (Å²) in [4.78, 5) is 9.92. The zero-order chi connectivity index (χ0) is 15.6. The van der Waals surface area contributed by atoms with Crippen LogP contribution in [0.5, 0.6) is 0 Å². The van der Waals surface area contributed by atoms with Crippen LogP contribution in [-0.2, 0) is 10.0 Å². The normalized spacial score (nSPS) is 20.2. The van der Waals surface area contributed by atoms with Crippen LogP contribution in [0.15, 0.2) is 23.1 Å². The summed E-state index contributed by atoms with van der Waals surface area (Å²) in [7, 11) is -4.03. The molecule has 0 aromatic heterocycles. The van der Waals surface area contributed by atoms with Gasteiger partial charge in [0.1, 0.15) is 0 Å². The summed E-state index contributed by atoms with van der Waals surface area (Å²) in [6.45, 7) is 0.170. The molecule has 116 valence electrons. The van der Waals surface area contributed by atoms with Gasteiger partial charge in [0, 0.05) is 19.2 Å². The maximum atomic E-state index is 12.5. The zero-order valence-corrected chi connectivity index (χ0v) is 11.9. The van der Waals surface area contributed by atoms with E-state index in [1.54, 1.807) is 0 Å². The van der Waals surface area contributed by atoms with Crippen LogP contribution in [0.4, 0.5) is 11.4 Å². The van der Waals surface area contributed by atoms with Crippen molar-refractivity contribution < 1.29 is 18.4 Å². The summed E-state index contributed by atoms with van der Waals surface area (Å²) >= 11 is 0. The number of nitrogens with one attached hydrogen (secondary N) is 1. The number of nitrogens with zero attached hydrogens (tertiary/aromatic N) is 2. The fourth-order valence-electron chi connectivity index (χ4n) is 2.25. The molecule has 1 unspecified atom stereocenters. The van der Waals surface area contributed by atoms with Crippen molar-refractivity contribution >= 4 is 21.4 Å². The van der Waals surface area contributed by atoms with E-state index in [4.69, 9.17) is 5.84 Å². The van der Waals surface area contributed by atoms with Crippen LogP contribution in [0.2, 0.25) is 0 Å². The van der Waals surface area contributed by atoms with Crippen molar-refractivity contribution in [3.63, 3.8) is 0 Å². The molecule has 1 fully saturated rings. The van der Waals surface area contributed by atoms with Gasteiger partial charge in [-0.2, -0.15) is 4.31 Å². The van der Waals surface area contributed by atoms with Gasteiger partial charge in [0.25, 0.3) is 5.69 Å². The van der Waals surface area contributed by atoms with Crippen molar-refractivity contribution in [1.29, 1.82) is 0 Å². The van der Waals surface area contributed by atoms with E-state index in [2.05, 4.69) is 5.43 Å². The number of nitrogens with two attached hydrogens (primary N) is 1. The quantitative estimate of drug-likeness (QED) is 0.404. The number of hydrogen-bond acceptors (Lipinski definition) is 7.